The quantitative estimate of drug-likeness (QED) is 0.450. The molecular weight excluding hydrogens is 368 g/mol. The number of nitrogens with one attached hydrogen (secondary N) is 1. The lowest BCUT2D eigenvalue weighted by molar-refractivity contribution is -0.149. The van der Waals surface area contributed by atoms with E-state index in [4.69, 9.17) is 4.74 Å². The van der Waals surface area contributed by atoms with Crippen LogP contribution in [0.1, 0.15) is 43.7 Å². The van der Waals surface area contributed by atoms with Crippen molar-refractivity contribution in [2.75, 3.05) is 33.3 Å². The molecule has 2 aliphatic rings. The highest BCUT2D eigenvalue weighted by atomic mass is 16.5. The van der Waals surface area contributed by atoms with Gasteiger partial charge in [-0.25, -0.2) is 0 Å². The van der Waals surface area contributed by atoms with Crippen molar-refractivity contribution in [3.63, 3.8) is 0 Å². The highest BCUT2D eigenvalue weighted by molar-refractivity contribution is 5.80. The van der Waals surface area contributed by atoms with Gasteiger partial charge in [-0.05, 0) is 37.3 Å². The van der Waals surface area contributed by atoms with Gasteiger partial charge < -0.3 is 19.9 Å². The fraction of sp³-hybridized carbons (Fsp3) is 0.591. The van der Waals surface area contributed by atoms with Crippen molar-refractivity contribution in [1.82, 2.24) is 15.1 Å². The van der Waals surface area contributed by atoms with Crippen LogP contribution >= 0.6 is 0 Å². The molecule has 0 bridgehead atoms. The van der Waals surface area contributed by atoms with E-state index in [0.717, 1.165) is 44.9 Å². The van der Waals surface area contributed by atoms with E-state index in [0.29, 0.717) is 26.1 Å². The Balaban J connectivity index is 1.55. The number of benzene rings is 1. The predicted octanol–water partition coefficient (Wildman–Crippen LogP) is 2.16. The van der Waals surface area contributed by atoms with E-state index < -0.39 is 0 Å². The van der Waals surface area contributed by atoms with Gasteiger partial charge >= 0.3 is 5.97 Å². The number of amides is 1. The van der Waals surface area contributed by atoms with Crippen LogP contribution in [0.4, 0.5) is 0 Å². The minimum Gasteiger partial charge on any atom is -0.466 e. The maximum atomic E-state index is 12.0. The molecule has 0 aliphatic carbocycles. The second-order valence-corrected chi connectivity index (χ2v) is 7.60. The van der Waals surface area contributed by atoms with Crippen LogP contribution in [-0.2, 0) is 27.4 Å². The van der Waals surface area contributed by atoms with Gasteiger partial charge in [0.15, 0.2) is 5.96 Å². The molecule has 0 atom stereocenters. The van der Waals surface area contributed by atoms with Crippen molar-refractivity contribution in [3.05, 3.63) is 35.4 Å². The molecule has 7 heteroatoms. The lowest BCUT2D eigenvalue weighted by atomic mass is 9.97. The molecule has 2 aliphatic heterocycles. The summed E-state index contributed by atoms with van der Waals surface area (Å²) >= 11 is 0. The maximum Gasteiger partial charge on any atom is 0.309 e. The van der Waals surface area contributed by atoms with Gasteiger partial charge in [0, 0.05) is 46.2 Å². The zero-order valence-electron chi connectivity index (χ0n) is 17.5. The Hall–Kier alpha value is -2.57. The Kier molecular flexibility index (Phi) is 7.49. The normalized spacial score (nSPS) is 18.3. The molecule has 0 aromatic heterocycles. The first-order valence-corrected chi connectivity index (χ1v) is 10.6. The molecule has 0 spiro atoms. The van der Waals surface area contributed by atoms with Gasteiger partial charge in [0.1, 0.15) is 0 Å². The number of ether oxygens (including phenoxy) is 1. The maximum absolute atomic E-state index is 12.0. The molecule has 0 saturated carbocycles. The summed E-state index contributed by atoms with van der Waals surface area (Å²) in [4.78, 5) is 32.5. The lowest BCUT2D eigenvalue weighted by Crippen LogP contribution is -2.46. The summed E-state index contributed by atoms with van der Waals surface area (Å²) < 4.78 is 5.15. The van der Waals surface area contributed by atoms with Crippen LogP contribution in [-0.4, -0.2) is 60.9 Å². The molecule has 29 heavy (non-hydrogen) atoms. The first-order valence-electron chi connectivity index (χ1n) is 10.6. The number of guanidine groups is 1. The SMILES string of the molecule is CCOC(=O)C1CCN(C(=NC)NCc2ccccc2CN2CCCC2=O)CC1. The Morgan fingerprint density at radius 3 is 2.55 bits per heavy atom. The van der Waals surface area contributed by atoms with Crippen molar-refractivity contribution in [2.45, 2.75) is 45.7 Å². The van der Waals surface area contributed by atoms with E-state index in [1.54, 1.807) is 7.05 Å². The Bertz CT molecular complexity index is 741. The highest BCUT2D eigenvalue weighted by Gasteiger charge is 2.27. The van der Waals surface area contributed by atoms with Crippen LogP contribution in [0.3, 0.4) is 0 Å². The number of hydrogen-bond donors (Lipinski definition) is 1. The number of rotatable bonds is 6. The van der Waals surface area contributed by atoms with Crippen molar-refractivity contribution >= 4 is 17.8 Å². The van der Waals surface area contributed by atoms with E-state index >= 15 is 0 Å². The van der Waals surface area contributed by atoms with Crippen LogP contribution in [0, 0.1) is 5.92 Å². The molecule has 0 unspecified atom stereocenters. The average molecular weight is 401 g/mol. The van der Waals surface area contributed by atoms with Crippen LogP contribution < -0.4 is 5.32 Å². The van der Waals surface area contributed by atoms with Gasteiger partial charge in [0.25, 0.3) is 0 Å². The molecule has 1 aromatic rings. The standard InChI is InChI=1S/C22H32N4O3/c1-3-29-21(28)17-10-13-25(14-11-17)22(23-2)24-15-18-7-4-5-8-19(18)16-26-12-6-9-20(26)27/h4-5,7-8,17H,3,6,9-16H2,1-2H3,(H,23,24). The highest BCUT2D eigenvalue weighted by Crippen LogP contribution is 2.20. The number of carbonyl (C=O) groups is 2. The van der Waals surface area contributed by atoms with Crippen LogP contribution in [0.15, 0.2) is 29.3 Å². The molecular formula is C22H32N4O3. The zero-order chi connectivity index (χ0) is 20.6. The van der Waals surface area contributed by atoms with Crippen molar-refractivity contribution in [1.29, 1.82) is 0 Å². The number of piperidine rings is 1. The van der Waals surface area contributed by atoms with E-state index in [2.05, 4.69) is 27.3 Å². The van der Waals surface area contributed by atoms with Crippen molar-refractivity contribution in [2.24, 2.45) is 10.9 Å². The number of esters is 1. The number of hydrogen-bond acceptors (Lipinski definition) is 4. The lowest BCUT2D eigenvalue weighted by Gasteiger charge is -2.33. The van der Waals surface area contributed by atoms with Crippen LogP contribution in [0.5, 0.6) is 0 Å². The largest absolute Gasteiger partial charge is 0.466 e. The zero-order valence-corrected chi connectivity index (χ0v) is 17.5. The molecule has 1 aromatic carbocycles. The molecule has 158 valence electrons. The van der Waals surface area contributed by atoms with E-state index in [-0.39, 0.29) is 17.8 Å². The summed E-state index contributed by atoms with van der Waals surface area (Å²) in [6.07, 6.45) is 3.18. The van der Waals surface area contributed by atoms with Crippen molar-refractivity contribution < 1.29 is 14.3 Å². The van der Waals surface area contributed by atoms with E-state index in [1.165, 1.54) is 11.1 Å². The number of nitrogens with zero attached hydrogens (tertiary/aromatic N) is 3. The third-order valence-corrected chi connectivity index (χ3v) is 5.71. The summed E-state index contributed by atoms with van der Waals surface area (Å²) in [6, 6.07) is 8.24. The summed E-state index contributed by atoms with van der Waals surface area (Å²) in [5.74, 6) is 0.996. The van der Waals surface area contributed by atoms with E-state index in [1.807, 2.05) is 24.0 Å². The third kappa shape index (κ3) is 5.49. The van der Waals surface area contributed by atoms with Gasteiger partial charge in [0.2, 0.25) is 5.91 Å². The molecule has 1 amide bonds. The summed E-state index contributed by atoms with van der Waals surface area (Å²) in [5.41, 5.74) is 2.35. The molecule has 7 nitrogen and oxygen atoms in total. The molecule has 2 heterocycles. The van der Waals surface area contributed by atoms with Gasteiger partial charge in [-0.15, -0.1) is 0 Å². The minimum atomic E-state index is -0.0829. The second kappa shape index (κ2) is 10.3. The molecule has 2 fully saturated rings. The predicted molar refractivity (Wildman–Crippen MR) is 112 cm³/mol. The molecule has 0 radical (unpaired) electrons. The fourth-order valence-corrected chi connectivity index (χ4v) is 4.05. The second-order valence-electron chi connectivity index (χ2n) is 7.60. The number of aliphatic imine (C=N–C) groups is 1. The average Bonchev–Trinajstić information content (AvgIpc) is 3.14. The van der Waals surface area contributed by atoms with Gasteiger partial charge in [-0.3, -0.25) is 14.6 Å². The monoisotopic (exact) mass is 400 g/mol. The number of carbonyl (C=O) groups excluding carboxylic acids is 2. The fourth-order valence-electron chi connectivity index (χ4n) is 4.05. The van der Waals surface area contributed by atoms with Crippen LogP contribution in [0.2, 0.25) is 0 Å². The third-order valence-electron chi connectivity index (χ3n) is 5.71. The van der Waals surface area contributed by atoms with Crippen molar-refractivity contribution in [3.8, 4) is 0 Å². The first-order chi connectivity index (χ1) is 14.1. The topological polar surface area (TPSA) is 74.2 Å². The first kappa shape index (κ1) is 21.1. The summed E-state index contributed by atoms with van der Waals surface area (Å²) in [5, 5.41) is 3.46. The van der Waals surface area contributed by atoms with Crippen LogP contribution in [0.25, 0.3) is 0 Å². The molecule has 2 saturated heterocycles. The van der Waals surface area contributed by atoms with Gasteiger partial charge in [-0.2, -0.15) is 0 Å². The minimum absolute atomic E-state index is 0.0111. The number of likely N-dealkylation sites (tertiary alicyclic amines) is 2. The summed E-state index contributed by atoms with van der Waals surface area (Å²) in [7, 11) is 1.79. The smallest absolute Gasteiger partial charge is 0.309 e. The Labute approximate surface area is 173 Å². The van der Waals surface area contributed by atoms with Gasteiger partial charge in [-0.1, -0.05) is 24.3 Å². The summed E-state index contributed by atoms with van der Waals surface area (Å²) in [6.45, 7) is 6.02. The Morgan fingerprint density at radius 1 is 1.21 bits per heavy atom. The Morgan fingerprint density at radius 2 is 1.93 bits per heavy atom. The van der Waals surface area contributed by atoms with E-state index in [9.17, 15) is 9.59 Å². The molecule has 1 N–H and O–H groups in total. The van der Waals surface area contributed by atoms with Gasteiger partial charge in [0.05, 0.1) is 12.5 Å². The molecule has 3 rings (SSSR count).